The summed E-state index contributed by atoms with van der Waals surface area (Å²) in [7, 11) is 0. The molecule has 0 aliphatic heterocycles. The van der Waals surface area contributed by atoms with Gasteiger partial charge in [0.15, 0.2) is 0 Å². The van der Waals surface area contributed by atoms with Crippen molar-refractivity contribution in [2.75, 3.05) is 4.90 Å². The van der Waals surface area contributed by atoms with Crippen molar-refractivity contribution in [2.24, 2.45) is 0 Å². The lowest BCUT2D eigenvalue weighted by Gasteiger charge is -2.30. The molecule has 0 unspecified atom stereocenters. The second-order valence-electron chi connectivity index (χ2n) is 12.5. The maximum absolute atomic E-state index is 6.55. The Morgan fingerprint density at radius 2 is 1.02 bits per heavy atom. The minimum Gasteiger partial charge on any atom is -0.456 e. The van der Waals surface area contributed by atoms with Crippen molar-refractivity contribution in [1.82, 2.24) is 0 Å². The van der Waals surface area contributed by atoms with Crippen molar-refractivity contribution in [3.05, 3.63) is 176 Å². The number of anilines is 3. The first-order valence-electron chi connectivity index (χ1n) is 16.6. The van der Waals surface area contributed by atoms with Crippen molar-refractivity contribution >= 4 is 81.3 Å². The zero-order valence-electron chi connectivity index (χ0n) is 26.5. The van der Waals surface area contributed by atoms with Gasteiger partial charge in [0.2, 0.25) is 0 Å². The van der Waals surface area contributed by atoms with Gasteiger partial charge in [0.25, 0.3) is 0 Å². The van der Waals surface area contributed by atoms with Crippen LogP contribution in [0.1, 0.15) is 0 Å². The number of fused-ring (bicyclic) bond motifs is 7. The zero-order chi connectivity index (χ0) is 32.3. The molecule has 230 valence electrons. The topological polar surface area (TPSA) is 16.4 Å². The van der Waals surface area contributed by atoms with Crippen LogP contribution < -0.4 is 4.90 Å². The summed E-state index contributed by atoms with van der Waals surface area (Å²) < 4.78 is 9.10. The van der Waals surface area contributed by atoms with Gasteiger partial charge in [-0.3, -0.25) is 0 Å². The van der Waals surface area contributed by atoms with E-state index in [1.54, 1.807) is 0 Å². The van der Waals surface area contributed by atoms with Crippen LogP contribution in [-0.2, 0) is 0 Å². The van der Waals surface area contributed by atoms with Crippen LogP contribution in [0.15, 0.2) is 180 Å². The first-order chi connectivity index (χ1) is 24.3. The Bertz CT molecular complexity index is 2840. The molecule has 0 fully saturated rings. The fourth-order valence-electron chi connectivity index (χ4n) is 7.46. The number of thiophene rings is 1. The zero-order valence-corrected chi connectivity index (χ0v) is 27.3. The average molecular weight is 644 g/mol. The lowest BCUT2D eigenvalue weighted by Crippen LogP contribution is -2.12. The summed E-state index contributed by atoms with van der Waals surface area (Å²) in [6, 6.07) is 63.2. The van der Waals surface area contributed by atoms with E-state index in [-0.39, 0.29) is 0 Å². The summed E-state index contributed by atoms with van der Waals surface area (Å²) >= 11 is 1.86. The molecule has 0 atom stereocenters. The third-order valence-corrected chi connectivity index (χ3v) is 10.9. The highest BCUT2D eigenvalue weighted by molar-refractivity contribution is 7.26. The van der Waals surface area contributed by atoms with Gasteiger partial charge < -0.3 is 9.32 Å². The number of hydrogen-bond acceptors (Lipinski definition) is 3. The number of para-hydroxylation sites is 2. The van der Waals surface area contributed by atoms with E-state index >= 15 is 0 Å². The highest BCUT2D eigenvalue weighted by Crippen LogP contribution is 2.50. The van der Waals surface area contributed by atoms with Crippen LogP contribution in [0.3, 0.4) is 0 Å². The Kier molecular flexibility index (Phi) is 6.39. The van der Waals surface area contributed by atoms with E-state index < -0.39 is 0 Å². The van der Waals surface area contributed by atoms with E-state index in [1.165, 1.54) is 42.1 Å². The van der Waals surface area contributed by atoms with Crippen LogP contribution in [0.25, 0.3) is 75.1 Å². The molecule has 0 saturated heterocycles. The van der Waals surface area contributed by atoms with Crippen LogP contribution in [-0.4, -0.2) is 0 Å². The Morgan fingerprint density at radius 1 is 0.408 bits per heavy atom. The van der Waals surface area contributed by atoms with Gasteiger partial charge in [-0.1, -0.05) is 133 Å². The van der Waals surface area contributed by atoms with E-state index in [2.05, 4.69) is 181 Å². The molecule has 8 aromatic carbocycles. The SMILES string of the molecule is c1ccc(-c2ccccc2N(c2ccccc2-c2cccc3oc4cc5ccccc5cc4c23)c2cccc3c2sc2ccccc23)cc1. The van der Waals surface area contributed by atoms with Crippen LogP contribution in [0, 0.1) is 0 Å². The Morgan fingerprint density at radius 3 is 1.88 bits per heavy atom. The summed E-state index contributed by atoms with van der Waals surface area (Å²) in [6.07, 6.45) is 0. The van der Waals surface area contributed by atoms with Gasteiger partial charge >= 0.3 is 0 Å². The predicted molar refractivity (Wildman–Crippen MR) is 210 cm³/mol. The second-order valence-corrected chi connectivity index (χ2v) is 13.5. The summed E-state index contributed by atoms with van der Waals surface area (Å²) in [5, 5.41) is 7.20. The standard InChI is InChI=1S/C46H29NOS/c1-2-14-30(15-3-1)33-18-6-9-23-39(33)47(41-25-12-22-37-35-20-8-11-27-44(35)49-46(37)41)40-24-10-7-19-34(40)36-21-13-26-42-45(36)38-28-31-16-4-5-17-32(31)29-43(38)48-42/h1-29H. The molecule has 10 rings (SSSR count). The highest BCUT2D eigenvalue weighted by atomic mass is 32.1. The first kappa shape index (κ1) is 27.9. The van der Waals surface area contributed by atoms with E-state index in [9.17, 15) is 0 Å². The second kappa shape index (κ2) is 11.2. The molecule has 0 spiro atoms. The van der Waals surface area contributed by atoms with E-state index in [4.69, 9.17) is 4.42 Å². The quantitative estimate of drug-likeness (QED) is 0.186. The monoisotopic (exact) mass is 643 g/mol. The van der Waals surface area contributed by atoms with Crippen LogP contribution in [0.5, 0.6) is 0 Å². The lowest BCUT2D eigenvalue weighted by molar-refractivity contribution is 0.669. The third kappa shape index (κ3) is 4.47. The van der Waals surface area contributed by atoms with Gasteiger partial charge in [0.05, 0.1) is 21.8 Å². The molecule has 10 aromatic rings. The van der Waals surface area contributed by atoms with Gasteiger partial charge in [-0.25, -0.2) is 0 Å². The molecule has 49 heavy (non-hydrogen) atoms. The maximum Gasteiger partial charge on any atom is 0.136 e. The molecule has 0 amide bonds. The van der Waals surface area contributed by atoms with E-state index in [1.807, 2.05) is 11.3 Å². The van der Waals surface area contributed by atoms with Crippen LogP contribution >= 0.6 is 11.3 Å². The number of hydrogen-bond donors (Lipinski definition) is 0. The van der Waals surface area contributed by atoms with Crippen molar-refractivity contribution in [3.8, 4) is 22.3 Å². The maximum atomic E-state index is 6.55. The van der Waals surface area contributed by atoms with Crippen LogP contribution in [0.2, 0.25) is 0 Å². The lowest BCUT2D eigenvalue weighted by atomic mass is 9.95. The normalized spacial score (nSPS) is 11.7. The predicted octanol–water partition coefficient (Wildman–Crippen LogP) is 13.9. The molecule has 3 heteroatoms. The first-order valence-corrected chi connectivity index (χ1v) is 17.4. The molecule has 2 aromatic heterocycles. The minimum absolute atomic E-state index is 0.889. The largest absolute Gasteiger partial charge is 0.456 e. The highest BCUT2D eigenvalue weighted by Gasteiger charge is 2.24. The fraction of sp³-hybridized carbons (Fsp3) is 0. The molecule has 0 aliphatic carbocycles. The molecule has 2 nitrogen and oxygen atoms in total. The van der Waals surface area contributed by atoms with Gasteiger partial charge in [0, 0.05) is 37.4 Å². The summed E-state index contributed by atoms with van der Waals surface area (Å²) in [6.45, 7) is 0. The van der Waals surface area contributed by atoms with Crippen molar-refractivity contribution < 1.29 is 4.42 Å². The number of furan rings is 1. The summed E-state index contributed by atoms with van der Waals surface area (Å²) in [4.78, 5) is 2.48. The average Bonchev–Trinajstić information content (AvgIpc) is 3.73. The third-order valence-electron chi connectivity index (χ3n) is 9.65. The smallest absolute Gasteiger partial charge is 0.136 e. The van der Waals surface area contributed by atoms with Crippen LogP contribution in [0.4, 0.5) is 17.1 Å². The Balaban J connectivity index is 1.29. The Labute approximate surface area is 287 Å². The fourth-order valence-corrected chi connectivity index (χ4v) is 8.67. The molecular formula is C46H29NOS. The molecule has 0 bridgehead atoms. The molecule has 2 heterocycles. The van der Waals surface area contributed by atoms with E-state index in [0.29, 0.717) is 0 Å². The molecule has 0 N–H and O–H groups in total. The molecule has 0 radical (unpaired) electrons. The number of nitrogens with zero attached hydrogens (tertiary/aromatic N) is 1. The molecular weight excluding hydrogens is 615 g/mol. The van der Waals surface area contributed by atoms with Crippen molar-refractivity contribution in [2.45, 2.75) is 0 Å². The summed E-state index contributed by atoms with van der Waals surface area (Å²) in [5.74, 6) is 0. The van der Waals surface area contributed by atoms with Crippen molar-refractivity contribution in [1.29, 1.82) is 0 Å². The van der Waals surface area contributed by atoms with Crippen molar-refractivity contribution in [3.63, 3.8) is 0 Å². The number of benzene rings is 8. The van der Waals surface area contributed by atoms with Gasteiger partial charge in [-0.05, 0) is 64.4 Å². The minimum atomic E-state index is 0.889. The van der Waals surface area contributed by atoms with Gasteiger partial charge in [-0.2, -0.15) is 0 Å². The summed E-state index contributed by atoms with van der Waals surface area (Å²) in [5.41, 5.74) is 9.83. The Hall–Kier alpha value is -6.16. The molecule has 0 saturated carbocycles. The molecule has 0 aliphatic rings. The van der Waals surface area contributed by atoms with E-state index in [0.717, 1.165) is 50.1 Å². The van der Waals surface area contributed by atoms with Gasteiger partial charge in [0.1, 0.15) is 11.2 Å². The number of rotatable bonds is 5. The van der Waals surface area contributed by atoms with Gasteiger partial charge in [-0.15, -0.1) is 11.3 Å².